The van der Waals surface area contributed by atoms with Gasteiger partial charge in [0.15, 0.2) is 0 Å². The van der Waals surface area contributed by atoms with E-state index in [2.05, 4.69) is 20.0 Å². The van der Waals surface area contributed by atoms with Gasteiger partial charge in [0.25, 0.3) is 0 Å². The molecule has 0 amide bonds. The molecule has 0 N–H and O–H groups in total. The summed E-state index contributed by atoms with van der Waals surface area (Å²) in [5.74, 6) is 1.50. The van der Waals surface area contributed by atoms with Crippen LogP contribution < -0.4 is 0 Å². The van der Waals surface area contributed by atoms with Gasteiger partial charge in [0.2, 0.25) is 11.8 Å². The summed E-state index contributed by atoms with van der Waals surface area (Å²) in [5.41, 5.74) is 0.288. The minimum absolute atomic E-state index is 0.219. The first-order valence-electron chi connectivity index (χ1n) is 8.74. The number of nitrogens with zero attached hydrogens (tertiary/aromatic N) is 4. The average molecular weight is 368 g/mol. The first kappa shape index (κ1) is 18.8. The van der Waals surface area contributed by atoms with Crippen molar-refractivity contribution in [3.8, 4) is 0 Å². The van der Waals surface area contributed by atoms with Crippen molar-refractivity contribution in [2.24, 2.45) is 0 Å². The Morgan fingerprint density at radius 2 is 1.54 bits per heavy atom. The van der Waals surface area contributed by atoms with Gasteiger partial charge in [0, 0.05) is 38.6 Å². The molecule has 1 aromatic carbocycles. The maximum atomic E-state index is 12.6. The van der Waals surface area contributed by atoms with Crippen molar-refractivity contribution < 1.29 is 17.6 Å². The number of aromatic nitrogens is 2. The minimum Gasteiger partial charge on any atom is -0.424 e. The molecule has 0 aliphatic carbocycles. The quantitative estimate of drug-likeness (QED) is 0.808. The smallest absolute Gasteiger partial charge is 0.416 e. The van der Waals surface area contributed by atoms with Gasteiger partial charge < -0.3 is 4.42 Å². The minimum atomic E-state index is -4.28. The monoisotopic (exact) mass is 368 g/mol. The summed E-state index contributed by atoms with van der Waals surface area (Å²) < 4.78 is 43.5. The van der Waals surface area contributed by atoms with Crippen molar-refractivity contribution in [1.82, 2.24) is 20.0 Å². The summed E-state index contributed by atoms with van der Waals surface area (Å²) in [6.45, 7) is 8.74. The van der Waals surface area contributed by atoms with Crippen LogP contribution in [-0.4, -0.2) is 46.2 Å². The van der Waals surface area contributed by atoms with E-state index in [0.29, 0.717) is 24.9 Å². The molecular formula is C18H23F3N4O. The second-order valence-electron chi connectivity index (χ2n) is 6.94. The van der Waals surface area contributed by atoms with E-state index in [4.69, 9.17) is 4.42 Å². The molecule has 0 bridgehead atoms. The van der Waals surface area contributed by atoms with Crippen LogP contribution in [0.15, 0.2) is 28.7 Å². The van der Waals surface area contributed by atoms with Crippen LogP contribution in [0.3, 0.4) is 0 Å². The molecule has 1 aromatic heterocycles. The molecule has 26 heavy (non-hydrogen) atoms. The predicted molar refractivity (Wildman–Crippen MR) is 90.4 cm³/mol. The number of hydrogen-bond acceptors (Lipinski definition) is 5. The maximum absolute atomic E-state index is 12.6. The molecule has 1 saturated heterocycles. The van der Waals surface area contributed by atoms with Crippen molar-refractivity contribution in [1.29, 1.82) is 0 Å². The Hall–Kier alpha value is -1.93. The number of benzene rings is 1. The van der Waals surface area contributed by atoms with Gasteiger partial charge in [-0.15, -0.1) is 10.2 Å². The highest BCUT2D eigenvalue weighted by Gasteiger charge is 2.30. The maximum Gasteiger partial charge on any atom is 0.416 e. The third kappa shape index (κ3) is 4.82. The number of alkyl halides is 3. The van der Waals surface area contributed by atoms with Gasteiger partial charge in [-0.2, -0.15) is 13.2 Å². The third-order valence-electron chi connectivity index (χ3n) is 4.49. The van der Waals surface area contributed by atoms with E-state index in [0.717, 1.165) is 43.9 Å². The first-order valence-corrected chi connectivity index (χ1v) is 8.74. The average Bonchev–Trinajstić information content (AvgIpc) is 3.05. The molecule has 8 heteroatoms. The summed E-state index contributed by atoms with van der Waals surface area (Å²) in [4.78, 5) is 4.49. The second kappa shape index (κ2) is 7.75. The zero-order chi connectivity index (χ0) is 18.7. The number of hydrogen-bond donors (Lipinski definition) is 0. The summed E-state index contributed by atoms with van der Waals surface area (Å²) in [5, 5.41) is 8.12. The van der Waals surface area contributed by atoms with E-state index in [1.54, 1.807) is 12.1 Å². The molecule has 3 rings (SSSR count). The fourth-order valence-corrected chi connectivity index (χ4v) is 2.92. The Labute approximate surface area is 150 Å². The molecule has 2 aromatic rings. The molecule has 0 saturated carbocycles. The lowest BCUT2D eigenvalue weighted by Gasteiger charge is -2.34. The summed E-state index contributed by atoms with van der Waals surface area (Å²) in [6.07, 6.45) is -4.28. The Morgan fingerprint density at radius 1 is 0.962 bits per heavy atom. The molecule has 5 nitrogen and oxygen atoms in total. The zero-order valence-corrected chi connectivity index (χ0v) is 15.0. The SMILES string of the molecule is CC(C)c1nnc(CN2CCN(Cc3ccc(C(F)(F)F)cc3)CC2)o1. The van der Waals surface area contributed by atoms with Gasteiger partial charge in [-0.1, -0.05) is 26.0 Å². The van der Waals surface area contributed by atoms with Gasteiger partial charge >= 0.3 is 6.18 Å². The molecule has 1 fully saturated rings. The Kier molecular flexibility index (Phi) is 5.62. The van der Waals surface area contributed by atoms with E-state index in [-0.39, 0.29) is 5.92 Å². The normalized spacial score (nSPS) is 17.2. The Bertz CT molecular complexity index is 704. The Balaban J connectivity index is 1.47. The molecule has 142 valence electrons. The highest BCUT2D eigenvalue weighted by molar-refractivity contribution is 5.24. The van der Waals surface area contributed by atoms with E-state index in [9.17, 15) is 13.2 Å². The summed E-state index contributed by atoms with van der Waals surface area (Å²) in [6, 6.07) is 5.41. The van der Waals surface area contributed by atoms with Crippen molar-refractivity contribution in [3.63, 3.8) is 0 Å². The molecular weight excluding hydrogens is 345 g/mol. The lowest BCUT2D eigenvalue weighted by molar-refractivity contribution is -0.137. The van der Waals surface area contributed by atoms with Crippen LogP contribution in [0.5, 0.6) is 0 Å². The highest BCUT2D eigenvalue weighted by atomic mass is 19.4. The Morgan fingerprint density at radius 3 is 2.04 bits per heavy atom. The van der Waals surface area contributed by atoms with Gasteiger partial charge in [0.05, 0.1) is 12.1 Å². The van der Waals surface area contributed by atoms with E-state index in [1.165, 1.54) is 0 Å². The summed E-state index contributed by atoms with van der Waals surface area (Å²) >= 11 is 0. The van der Waals surface area contributed by atoms with Gasteiger partial charge in [-0.05, 0) is 17.7 Å². The van der Waals surface area contributed by atoms with Crippen LogP contribution in [-0.2, 0) is 19.3 Å². The standard InChI is InChI=1S/C18H23F3N4O/c1-13(2)17-23-22-16(26-17)12-25-9-7-24(8-10-25)11-14-3-5-15(6-4-14)18(19,20)21/h3-6,13H,7-12H2,1-2H3. The molecule has 0 atom stereocenters. The number of rotatable bonds is 5. The van der Waals surface area contributed by atoms with Crippen LogP contribution >= 0.6 is 0 Å². The van der Waals surface area contributed by atoms with Crippen molar-refractivity contribution >= 4 is 0 Å². The zero-order valence-electron chi connectivity index (χ0n) is 15.0. The first-order chi connectivity index (χ1) is 12.3. The summed E-state index contributed by atoms with van der Waals surface area (Å²) in [7, 11) is 0. The molecule has 1 aliphatic rings. The molecule has 1 aliphatic heterocycles. The third-order valence-corrected chi connectivity index (χ3v) is 4.49. The topological polar surface area (TPSA) is 45.4 Å². The molecule has 0 radical (unpaired) electrons. The lowest BCUT2D eigenvalue weighted by Crippen LogP contribution is -2.45. The van der Waals surface area contributed by atoms with E-state index >= 15 is 0 Å². The fraction of sp³-hybridized carbons (Fsp3) is 0.556. The van der Waals surface area contributed by atoms with Gasteiger partial charge in [-0.3, -0.25) is 9.80 Å². The number of halogens is 3. The van der Waals surface area contributed by atoms with E-state index in [1.807, 2.05) is 13.8 Å². The molecule has 2 heterocycles. The molecule has 0 spiro atoms. The van der Waals surface area contributed by atoms with Crippen LogP contribution in [0, 0.1) is 0 Å². The largest absolute Gasteiger partial charge is 0.424 e. The van der Waals surface area contributed by atoms with Crippen molar-refractivity contribution in [3.05, 3.63) is 47.2 Å². The van der Waals surface area contributed by atoms with Crippen LogP contribution in [0.2, 0.25) is 0 Å². The van der Waals surface area contributed by atoms with Crippen molar-refractivity contribution in [2.75, 3.05) is 26.2 Å². The van der Waals surface area contributed by atoms with E-state index < -0.39 is 11.7 Å². The van der Waals surface area contributed by atoms with Crippen molar-refractivity contribution in [2.45, 2.75) is 39.0 Å². The second-order valence-corrected chi connectivity index (χ2v) is 6.94. The predicted octanol–water partition coefficient (Wildman–Crippen LogP) is 3.53. The van der Waals surface area contributed by atoms with Crippen LogP contribution in [0.25, 0.3) is 0 Å². The van der Waals surface area contributed by atoms with Gasteiger partial charge in [-0.25, -0.2) is 0 Å². The van der Waals surface area contributed by atoms with Gasteiger partial charge in [0.1, 0.15) is 0 Å². The highest BCUT2D eigenvalue weighted by Crippen LogP contribution is 2.29. The lowest BCUT2D eigenvalue weighted by atomic mass is 10.1. The van der Waals surface area contributed by atoms with Crippen LogP contribution in [0.4, 0.5) is 13.2 Å². The molecule has 0 unspecified atom stereocenters. The van der Waals surface area contributed by atoms with Crippen LogP contribution in [0.1, 0.15) is 42.7 Å². The fourth-order valence-electron chi connectivity index (χ4n) is 2.92. The number of piperazine rings is 1.